The average molecular weight is 528 g/mol. The first-order valence-electron chi connectivity index (χ1n) is 13.4. The van der Waals surface area contributed by atoms with Crippen molar-refractivity contribution in [1.29, 1.82) is 0 Å². The van der Waals surface area contributed by atoms with Gasteiger partial charge in [0.2, 0.25) is 5.88 Å². The van der Waals surface area contributed by atoms with Crippen LogP contribution in [0.2, 0.25) is 0 Å². The smallest absolute Gasteiger partial charge is 0.493 e. The van der Waals surface area contributed by atoms with E-state index in [1.807, 2.05) is 54.6 Å². The Kier molecular flexibility index (Phi) is 7.18. The van der Waals surface area contributed by atoms with Crippen LogP contribution in [-0.2, 0) is 12.8 Å². The Morgan fingerprint density at radius 2 is 1.48 bits per heavy atom. The molecule has 5 aromatic carbocycles. The molecule has 0 bridgehead atoms. The van der Waals surface area contributed by atoms with Gasteiger partial charge in [0.15, 0.2) is 0 Å². The maximum absolute atomic E-state index is 11.5. The number of benzene rings is 5. The summed E-state index contributed by atoms with van der Waals surface area (Å²) < 4.78 is 11.3. The van der Waals surface area contributed by atoms with Gasteiger partial charge in [-0.25, -0.2) is 4.79 Å². The molecule has 0 unspecified atom stereocenters. The number of H-pyrrole nitrogens is 1. The van der Waals surface area contributed by atoms with Gasteiger partial charge < -0.3 is 19.6 Å². The Morgan fingerprint density at radius 3 is 2.35 bits per heavy atom. The van der Waals surface area contributed by atoms with E-state index in [0.717, 1.165) is 38.6 Å². The van der Waals surface area contributed by atoms with E-state index >= 15 is 0 Å². The van der Waals surface area contributed by atoms with Crippen LogP contribution < -0.4 is 9.47 Å². The molecule has 0 aliphatic carbocycles. The van der Waals surface area contributed by atoms with Crippen molar-refractivity contribution in [3.63, 3.8) is 0 Å². The lowest BCUT2D eigenvalue weighted by molar-refractivity contribution is 0.142. The third-order valence-corrected chi connectivity index (χ3v) is 7.18. The molecule has 198 valence electrons. The van der Waals surface area contributed by atoms with Gasteiger partial charge in [-0.1, -0.05) is 109 Å². The quantitative estimate of drug-likeness (QED) is 0.146. The number of para-hydroxylation sites is 1. The van der Waals surface area contributed by atoms with Crippen molar-refractivity contribution in [2.75, 3.05) is 6.61 Å². The van der Waals surface area contributed by atoms with Crippen molar-refractivity contribution in [3.8, 4) is 22.8 Å². The second-order valence-electron chi connectivity index (χ2n) is 9.81. The molecule has 0 fully saturated rings. The molecule has 0 atom stereocenters. The zero-order valence-electron chi connectivity index (χ0n) is 22.0. The summed E-state index contributed by atoms with van der Waals surface area (Å²) in [5.74, 6) is 1.12. The van der Waals surface area contributed by atoms with Crippen molar-refractivity contribution >= 4 is 27.8 Å². The van der Waals surface area contributed by atoms with Crippen molar-refractivity contribution in [2.45, 2.75) is 19.3 Å². The van der Waals surface area contributed by atoms with Crippen LogP contribution in [0.15, 0.2) is 115 Å². The number of carbonyl (C=O) groups is 1. The molecule has 6 aromatic rings. The van der Waals surface area contributed by atoms with E-state index in [9.17, 15) is 9.90 Å². The standard InChI is InChI=1S/C35H29NO4/c37-35(38)40-34-31(19-9-21-39-32-20-8-14-26-13-4-5-17-29(26)32)30-18-7-16-28(33(30)36-34)23-24-10-6-15-27(22-24)25-11-2-1-3-12-25/h1-8,10-18,20,22,36H,9,19,21,23H2,(H,37,38). The molecule has 2 N–H and O–H groups in total. The number of rotatable bonds is 9. The summed E-state index contributed by atoms with van der Waals surface area (Å²) in [6.45, 7) is 0.499. The van der Waals surface area contributed by atoms with E-state index in [4.69, 9.17) is 9.47 Å². The molecule has 1 aromatic heterocycles. The highest BCUT2D eigenvalue weighted by Crippen LogP contribution is 2.33. The Bertz CT molecular complexity index is 1780. The third kappa shape index (κ3) is 5.40. The van der Waals surface area contributed by atoms with E-state index in [-0.39, 0.29) is 5.88 Å². The van der Waals surface area contributed by atoms with Gasteiger partial charge in [-0.2, -0.15) is 0 Å². The van der Waals surface area contributed by atoms with E-state index in [2.05, 4.69) is 65.6 Å². The molecular formula is C35H29NO4. The van der Waals surface area contributed by atoms with Gasteiger partial charge in [0.1, 0.15) is 5.75 Å². The highest BCUT2D eigenvalue weighted by Gasteiger charge is 2.18. The molecule has 0 aliphatic heterocycles. The minimum absolute atomic E-state index is 0.276. The molecule has 0 radical (unpaired) electrons. The number of hydrogen-bond donors (Lipinski definition) is 2. The Hall–Kier alpha value is -5.03. The fourth-order valence-corrected chi connectivity index (χ4v) is 5.34. The average Bonchev–Trinajstić information content (AvgIpc) is 3.33. The molecule has 40 heavy (non-hydrogen) atoms. The first-order chi connectivity index (χ1) is 19.7. The van der Waals surface area contributed by atoms with Crippen molar-refractivity contribution in [1.82, 2.24) is 4.98 Å². The lowest BCUT2D eigenvalue weighted by Gasteiger charge is -2.10. The first kappa shape index (κ1) is 25.3. The molecule has 5 heteroatoms. The molecule has 5 nitrogen and oxygen atoms in total. The summed E-state index contributed by atoms with van der Waals surface area (Å²) in [6, 6.07) is 39.1. The molecule has 1 heterocycles. The molecule has 0 saturated heterocycles. The van der Waals surface area contributed by atoms with Crippen LogP contribution in [0.25, 0.3) is 32.8 Å². The Labute approximate surface area is 232 Å². The van der Waals surface area contributed by atoms with Crippen molar-refractivity contribution in [2.24, 2.45) is 0 Å². The second kappa shape index (κ2) is 11.4. The van der Waals surface area contributed by atoms with E-state index in [1.165, 1.54) is 16.7 Å². The number of aromatic amines is 1. The molecule has 0 amide bonds. The molecular weight excluding hydrogens is 498 g/mol. The monoisotopic (exact) mass is 527 g/mol. The SMILES string of the molecule is O=C(O)Oc1[nH]c2c(Cc3cccc(-c4ccccc4)c3)cccc2c1CCCOc1cccc2ccccc12. The maximum Gasteiger partial charge on any atom is 0.512 e. The van der Waals surface area contributed by atoms with Gasteiger partial charge in [-0.3, -0.25) is 0 Å². The second-order valence-corrected chi connectivity index (χ2v) is 9.81. The third-order valence-electron chi connectivity index (χ3n) is 7.18. The molecule has 0 saturated carbocycles. The van der Waals surface area contributed by atoms with Gasteiger partial charge in [-0.05, 0) is 53.0 Å². The highest BCUT2D eigenvalue weighted by atomic mass is 16.7. The number of hydrogen-bond acceptors (Lipinski definition) is 3. The minimum atomic E-state index is -1.34. The van der Waals surface area contributed by atoms with Gasteiger partial charge >= 0.3 is 6.16 Å². The van der Waals surface area contributed by atoms with E-state index in [1.54, 1.807) is 0 Å². The van der Waals surface area contributed by atoms with Crippen LogP contribution in [0.3, 0.4) is 0 Å². The number of ether oxygens (including phenoxy) is 2. The molecule has 6 rings (SSSR count). The minimum Gasteiger partial charge on any atom is -0.493 e. The highest BCUT2D eigenvalue weighted by molar-refractivity contribution is 5.90. The van der Waals surface area contributed by atoms with Crippen LogP contribution >= 0.6 is 0 Å². The molecule has 0 aliphatic rings. The zero-order chi connectivity index (χ0) is 27.3. The number of aryl methyl sites for hydroxylation is 1. The number of fused-ring (bicyclic) bond motifs is 2. The predicted octanol–water partition coefficient (Wildman–Crippen LogP) is 8.65. The lowest BCUT2D eigenvalue weighted by atomic mass is 9.97. The largest absolute Gasteiger partial charge is 0.512 e. The lowest BCUT2D eigenvalue weighted by Crippen LogP contribution is -2.06. The van der Waals surface area contributed by atoms with Crippen molar-refractivity contribution < 1.29 is 19.4 Å². The van der Waals surface area contributed by atoms with Crippen molar-refractivity contribution in [3.05, 3.63) is 132 Å². The van der Waals surface area contributed by atoms with Crippen LogP contribution in [0.5, 0.6) is 11.6 Å². The van der Waals surface area contributed by atoms with Gasteiger partial charge in [0.05, 0.1) is 12.1 Å². The fourth-order valence-electron chi connectivity index (χ4n) is 5.34. The summed E-state index contributed by atoms with van der Waals surface area (Å²) in [7, 11) is 0. The fraction of sp³-hybridized carbons (Fsp3) is 0.114. The summed E-state index contributed by atoms with van der Waals surface area (Å²) in [6.07, 6.45) is 0.682. The number of nitrogens with one attached hydrogen (secondary N) is 1. The summed E-state index contributed by atoms with van der Waals surface area (Å²) in [5.41, 5.74) is 6.34. The van der Waals surface area contributed by atoms with Crippen LogP contribution in [-0.4, -0.2) is 22.9 Å². The van der Waals surface area contributed by atoms with E-state index in [0.29, 0.717) is 25.9 Å². The van der Waals surface area contributed by atoms with Gasteiger partial charge in [0.25, 0.3) is 0 Å². The van der Waals surface area contributed by atoms with Gasteiger partial charge in [-0.15, -0.1) is 0 Å². The summed E-state index contributed by atoms with van der Waals surface area (Å²) >= 11 is 0. The van der Waals surface area contributed by atoms with Crippen LogP contribution in [0, 0.1) is 0 Å². The van der Waals surface area contributed by atoms with E-state index < -0.39 is 6.16 Å². The summed E-state index contributed by atoms with van der Waals surface area (Å²) in [4.78, 5) is 14.8. The number of aromatic nitrogens is 1. The zero-order valence-corrected chi connectivity index (χ0v) is 22.0. The Balaban J connectivity index is 1.24. The molecule has 0 spiro atoms. The topological polar surface area (TPSA) is 71.5 Å². The Morgan fingerprint density at radius 1 is 0.750 bits per heavy atom. The normalized spacial score (nSPS) is 11.1. The van der Waals surface area contributed by atoms with Crippen LogP contribution in [0.4, 0.5) is 4.79 Å². The summed E-state index contributed by atoms with van der Waals surface area (Å²) in [5, 5.41) is 12.6. The first-order valence-corrected chi connectivity index (χ1v) is 13.4. The van der Waals surface area contributed by atoms with Gasteiger partial charge in [0, 0.05) is 16.3 Å². The van der Waals surface area contributed by atoms with Crippen LogP contribution in [0.1, 0.15) is 23.1 Å². The number of carboxylic acid groups (broad SMARTS) is 1. The predicted molar refractivity (Wildman–Crippen MR) is 159 cm³/mol. The maximum atomic E-state index is 11.5.